The van der Waals surface area contributed by atoms with Crippen LogP contribution in [0, 0.1) is 6.92 Å². The number of aromatic nitrogens is 1. The van der Waals surface area contributed by atoms with Crippen molar-refractivity contribution in [2.45, 2.75) is 32.4 Å². The molecular weight excluding hydrogens is 328 g/mol. The molecule has 0 radical (unpaired) electrons. The van der Waals surface area contributed by atoms with E-state index >= 15 is 0 Å². The number of aliphatic hydroxyl groups is 1. The van der Waals surface area contributed by atoms with Gasteiger partial charge in [-0.2, -0.15) is 0 Å². The summed E-state index contributed by atoms with van der Waals surface area (Å²) in [6.45, 7) is 6.28. The second-order valence-corrected chi connectivity index (χ2v) is 7.47. The first-order valence-electron chi connectivity index (χ1n) is 9.41. The number of piperidine rings is 1. The van der Waals surface area contributed by atoms with Crippen LogP contribution in [0.3, 0.4) is 0 Å². The summed E-state index contributed by atoms with van der Waals surface area (Å²) in [5.41, 5.74) is 3.32. The average molecular weight is 354 g/mol. The van der Waals surface area contributed by atoms with Gasteiger partial charge in [0.15, 0.2) is 0 Å². The summed E-state index contributed by atoms with van der Waals surface area (Å²) in [5, 5.41) is 14.1. The lowest BCUT2D eigenvalue weighted by Crippen LogP contribution is -2.47. The van der Waals surface area contributed by atoms with Crippen LogP contribution in [0.4, 0.5) is 5.82 Å². The van der Waals surface area contributed by atoms with Crippen LogP contribution in [0.25, 0.3) is 10.9 Å². The van der Waals surface area contributed by atoms with E-state index < -0.39 is 0 Å². The second-order valence-electron chi connectivity index (χ2n) is 7.47. The third kappa shape index (κ3) is 3.66. The SMILES string of the molecule is Cc1ccc2nc(N3CCC[C@@H](O)C3)c(CN3CCNC(=O)C3)cc2c1. The van der Waals surface area contributed by atoms with Gasteiger partial charge < -0.3 is 15.3 Å². The molecule has 0 unspecified atom stereocenters. The minimum Gasteiger partial charge on any atom is -0.391 e. The predicted molar refractivity (Wildman–Crippen MR) is 102 cm³/mol. The van der Waals surface area contributed by atoms with Gasteiger partial charge in [-0.25, -0.2) is 4.98 Å². The van der Waals surface area contributed by atoms with Crippen molar-refractivity contribution in [2.24, 2.45) is 0 Å². The zero-order chi connectivity index (χ0) is 18.1. The fourth-order valence-electron chi connectivity index (χ4n) is 3.93. The standard InChI is InChI=1S/C20H26N4O2/c1-14-4-5-18-15(9-14)10-16(11-23-8-6-21-19(26)13-23)20(22-18)24-7-2-3-17(25)12-24/h4-5,9-10,17,25H,2-3,6-8,11-13H2,1H3,(H,21,26)/t17-/m1/s1. The number of nitrogens with zero attached hydrogens (tertiary/aromatic N) is 3. The highest BCUT2D eigenvalue weighted by molar-refractivity contribution is 5.83. The van der Waals surface area contributed by atoms with E-state index in [0.717, 1.165) is 48.2 Å². The smallest absolute Gasteiger partial charge is 0.234 e. The summed E-state index contributed by atoms with van der Waals surface area (Å²) < 4.78 is 0. The first-order valence-corrected chi connectivity index (χ1v) is 9.41. The minimum atomic E-state index is -0.298. The minimum absolute atomic E-state index is 0.0794. The Labute approximate surface area is 153 Å². The number of pyridine rings is 1. The molecular formula is C20H26N4O2. The third-order valence-electron chi connectivity index (χ3n) is 5.23. The molecule has 2 fully saturated rings. The quantitative estimate of drug-likeness (QED) is 0.873. The number of aliphatic hydroxyl groups excluding tert-OH is 1. The summed E-state index contributed by atoms with van der Waals surface area (Å²) >= 11 is 0. The first kappa shape index (κ1) is 17.2. The number of carbonyl (C=O) groups excluding carboxylic acids is 1. The van der Waals surface area contributed by atoms with Gasteiger partial charge in [0.1, 0.15) is 5.82 Å². The number of anilines is 1. The Morgan fingerprint density at radius 1 is 1.31 bits per heavy atom. The fourth-order valence-corrected chi connectivity index (χ4v) is 3.93. The van der Waals surface area contributed by atoms with Crippen molar-refractivity contribution in [2.75, 3.05) is 37.6 Å². The Balaban J connectivity index is 1.71. The van der Waals surface area contributed by atoms with Gasteiger partial charge >= 0.3 is 0 Å². The molecule has 2 aliphatic heterocycles. The molecule has 2 aliphatic rings. The van der Waals surface area contributed by atoms with Crippen LogP contribution in [0.15, 0.2) is 24.3 Å². The monoisotopic (exact) mass is 354 g/mol. The molecule has 0 bridgehead atoms. The highest BCUT2D eigenvalue weighted by atomic mass is 16.3. The summed E-state index contributed by atoms with van der Waals surface area (Å²) in [6, 6.07) is 8.51. The van der Waals surface area contributed by atoms with E-state index in [0.29, 0.717) is 26.2 Å². The van der Waals surface area contributed by atoms with Gasteiger partial charge in [-0.05, 0) is 38.0 Å². The normalized spacial score (nSPS) is 21.8. The molecule has 0 aliphatic carbocycles. The van der Waals surface area contributed by atoms with Gasteiger partial charge in [-0.3, -0.25) is 9.69 Å². The van der Waals surface area contributed by atoms with Gasteiger partial charge in [0, 0.05) is 43.7 Å². The summed E-state index contributed by atoms with van der Waals surface area (Å²) in [5.74, 6) is 1.03. The number of piperazine rings is 1. The highest BCUT2D eigenvalue weighted by Gasteiger charge is 2.24. The molecule has 2 N–H and O–H groups in total. The molecule has 138 valence electrons. The van der Waals surface area contributed by atoms with E-state index in [1.807, 2.05) is 0 Å². The number of hydrogen-bond donors (Lipinski definition) is 2. The predicted octanol–water partition coefficient (Wildman–Crippen LogP) is 1.44. The summed E-state index contributed by atoms with van der Waals surface area (Å²) in [4.78, 5) is 21.1. The maximum atomic E-state index is 11.7. The molecule has 26 heavy (non-hydrogen) atoms. The zero-order valence-corrected chi connectivity index (χ0v) is 15.2. The lowest BCUT2D eigenvalue weighted by Gasteiger charge is -2.34. The molecule has 6 nitrogen and oxygen atoms in total. The number of fused-ring (bicyclic) bond motifs is 1. The van der Waals surface area contributed by atoms with Crippen LogP contribution >= 0.6 is 0 Å². The Hall–Kier alpha value is -2.18. The molecule has 1 amide bonds. The van der Waals surface area contributed by atoms with Crippen molar-refractivity contribution >= 4 is 22.6 Å². The van der Waals surface area contributed by atoms with Crippen molar-refractivity contribution in [3.05, 3.63) is 35.4 Å². The van der Waals surface area contributed by atoms with E-state index in [1.165, 1.54) is 5.56 Å². The molecule has 1 atom stereocenters. The molecule has 1 aromatic carbocycles. The first-order chi connectivity index (χ1) is 12.6. The fraction of sp³-hybridized carbons (Fsp3) is 0.500. The number of carbonyl (C=O) groups is 1. The van der Waals surface area contributed by atoms with Crippen molar-refractivity contribution in [1.29, 1.82) is 0 Å². The molecule has 2 aromatic rings. The van der Waals surface area contributed by atoms with Crippen LogP contribution in [-0.4, -0.2) is 59.7 Å². The largest absolute Gasteiger partial charge is 0.391 e. The summed E-state index contributed by atoms with van der Waals surface area (Å²) in [7, 11) is 0. The maximum absolute atomic E-state index is 11.7. The molecule has 3 heterocycles. The van der Waals surface area contributed by atoms with Crippen molar-refractivity contribution < 1.29 is 9.90 Å². The van der Waals surface area contributed by atoms with Crippen LogP contribution < -0.4 is 10.2 Å². The second kappa shape index (κ2) is 7.21. The Morgan fingerprint density at radius 2 is 2.19 bits per heavy atom. The zero-order valence-electron chi connectivity index (χ0n) is 15.2. The lowest BCUT2D eigenvalue weighted by atomic mass is 10.0. The van der Waals surface area contributed by atoms with E-state index in [4.69, 9.17) is 4.98 Å². The number of aryl methyl sites for hydroxylation is 1. The number of nitrogens with one attached hydrogen (secondary N) is 1. The van der Waals surface area contributed by atoms with Gasteiger partial charge in [0.05, 0.1) is 18.2 Å². The average Bonchev–Trinajstić information content (AvgIpc) is 2.61. The van der Waals surface area contributed by atoms with Crippen molar-refractivity contribution in [1.82, 2.24) is 15.2 Å². The van der Waals surface area contributed by atoms with Gasteiger partial charge in [-0.1, -0.05) is 11.6 Å². The molecule has 2 saturated heterocycles. The molecule has 4 rings (SSSR count). The van der Waals surface area contributed by atoms with Gasteiger partial charge in [0.2, 0.25) is 5.91 Å². The van der Waals surface area contributed by atoms with Crippen LogP contribution in [0.5, 0.6) is 0 Å². The van der Waals surface area contributed by atoms with Crippen molar-refractivity contribution in [3.8, 4) is 0 Å². The van der Waals surface area contributed by atoms with Gasteiger partial charge in [-0.15, -0.1) is 0 Å². The summed E-state index contributed by atoms with van der Waals surface area (Å²) in [6.07, 6.45) is 1.53. The third-order valence-corrected chi connectivity index (χ3v) is 5.23. The van der Waals surface area contributed by atoms with Gasteiger partial charge in [0.25, 0.3) is 0 Å². The van der Waals surface area contributed by atoms with Crippen LogP contribution in [-0.2, 0) is 11.3 Å². The van der Waals surface area contributed by atoms with Crippen molar-refractivity contribution in [3.63, 3.8) is 0 Å². The maximum Gasteiger partial charge on any atom is 0.234 e. The molecule has 0 spiro atoms. The Morgan fingerprint density at radius 3 is 3.00 bits per heavy atom. The number of rotatable bonds is 3. The number of hydrogen-bond acceptors (Lipinski definition) is 5. The number of benzene rings is 1. The lowest BCUT2D eigenvalue weighted by molar-refractivity contribution is -0.124. The van der Waals surface area contributed by atoms with E-state index in [-0.39, 0.29) is 12.0 Å². The Kier molecular flexibility index (Phi) is 4.78. The van der Waals surface area contributed by atoms with E-state index in [2.05, 4.69) is 46.3 Å². The Bertz CT molecular complexity index is 823. The number of amides is 1. The van der Waals surface area contributed by atoms with E-state index in [1.54, 1.807) is 0 Å². The van der Waals surface area contributed by atoms with Crippen LogP contribution in [0.2, 0.25) is 0 Å². The molecule has 6 heteroatoms. The topological polar surface area (TPSA) is 68.7 Å². The number of β-amino-alcohol motifs (C(OH)–C–C–N with tert-alkyl or cyclic N) is 1. The molecule has 1 aromatic heterocycles. The highest BCUT2D eigenvalue weighted by Crippen LogP contribution is 2.28. The van der Waals surface area contributed by atoms with Crippen LogP contribution in [0.1, 0.15) is 24.0 Å². The van der Waals surface area contributed by atoms with E-state index in [9.17, 15) is 9.90 Å². The molecule has 0 saturated carbocycles.